The molecule has 2 rings (SSSR count). The summed E-state index contributed by atoms with van der Waals surface area (Å²) in [6.45, 7) is 6.55. The van der Waals surface area contributed by atoms with Crippen LogP contribution < -0.4 is 0 Å². The lowest BCUT2D eigenvalue weighted by Crippen LogP contribution is -2.36. The first-order valence-electron chi connectivity index (χ1n) is 8.37. The fraction of sp³-hybridized carbons (Fsp3) is 0.444. The van der Waals surface area contributed by atoms with Gasteiger partial charge < -0.3 is 9.64 Å². The largest absolute Gasteiger partial charge is 0.469 e. The van der Waals surface area contributed by atoms with E-state index in [0.29, 0.717) is 17.4 Å². The monoisotopic (exact) mass is 378 g/mol. The zero-order valence-corrected chi connectivity index (χ0v) is 16.2. The molecule has 1 heterocycles. The van der Waals surface area contributed by atoms with Crippen LogP contribution in [-0.2, 0) is 9.53 Å². The zero-order valence-electron chi connectivity index (χ0n) is 15.4. The Hall–Kier alpha value is -2.41. The van der Waals surface area contributed by atoms with Gasteiger partial charge in [-0.2, -0.15) is 0 Å². The second-order valence-corrected chi connectivity index (χ2v) is 6.78. The number of hydrogen-bond donors (Lipinski definition) is 0. The van der Waals surface area contributed by atoms with Crippen molar-refractivity contribution in [2.75, 3.05) is 20.2 Å². The number of benzene rings is 1. The Balaban J connectivity index is 2.23. The molecule has 7 nitrogen and oxygen atoms in total. The van der Waals surface area contributed by atoms with Gasteiger partial charge in [0, 0.05) is 18.1 Å². The Morgan fingerprint density at radius 2 is 1.92 bits per heavy atom. The predicted molar refractivity (Wildman–Crippen MR) is 98.5 cm³/mol. The van der Waals surface area contributed by atoms with E-state index < -0.39 is 0 Å². The average Bonchev–Trinajstić information content (AvgIpc) is 2.99. The van der Waals surface area contributed by atoms with Gasteiger partial charge in [0.1, 0.15) is 5.82 Å². The smallest absolute Gasteiger partial charge is 0.307 e. The van der Waals surface area contributed by atoms with Crippen molar-refractivity contribution in [2.24, 2.45) is 5.92 Å². The summed E-state index contributed by atoms with van der Waals surface area (Å²) < 4.78 is 6.25. The molecule has 0 atom stereocenters. The Morgan fingerprint density at radius 3 is 2.50 bits per heavy atom. The van der Waals surface area contributed by atoms with Crippen LogP contribution in [0.4, 0.5) is 0 Å². The van der Waals surface area contributed by atoms with Gasteiger partial charge in [-0.05, 0) is 37.1 Å². The number of aryl methyl sites for hydroxylation is 1. The molecule has 1 aromatic heterocycles. The van der Waals surface area contributed by atoms with E-state index in [1.54, 1.807) is 40.8 Å². The normalized spacial score (nSPS) is 10.8. The van der Waals surface area contributed by atoms with Crippen molar-refractivity contribution in [2.45, 2.75) is 27.2 Å². The summed E-state index contributed by atoms with van der Waals surface area (Å²) in [6.07, 6.45) is 0.131. The number of amides is 1. The Labute approximate surface area is 157 Å². The topological polar surface area (TPSA) is 77.3 Å². The molecule has 140 valence electrons. The second-order valence-electron chi connectivity index (χ2n) is 6.34. The third-order valence-electron chi connectivity index (χ3n) is 3.72. The van der Waals surface area contributed by atoms with Crippen molar-refractivity contribution < 1.29 is 14.3 Å². The van der Waals surface area contributed by atoms with Gasteiger partial charge in [-0.3, -0.25) is 9.59 Å². The molecule has 1 amide bonds. The van der Waals surface area contributed by atoms with Crippen LogP contribution in [0.3, 0.4) is 0 Å². The number of nitrogens with zero attached hydrogens (tertiary/aromatic N) is 4. The third-order valence-corrected chi connectivity index (χ3v) is 3.97. The number of hydrogen-bond acceptors (Lipinski definition) is 5. The highest BCUT2D eigenvalue weighted by Crippen LogP contribution is 2.15. The number of aromatic nitrogens is 3. The number of carbonyl (C=O) groups is 2. The van der Waals surface area contributed by atoms with E-state index in [2.05, 4.69) is 14.8 Å². The third kappa shape index (κ3) is 5.05. The van der Waals surface area contributed by atoms with Crippen molar-refractivity contribution in [3.63, 3.8) is 0 Å². The van der Waals surface area contributed by atoms with Crippen molar-refractivity contribution in [3.8, 4) is 5.69 Å². The van der Waals surface area contributed by atoms with Gasteiger partial charge in [0.2, 0.25) is 5.82 Å². The van der Waals surface area contributed by atoms with Gasteiger partial charge in [0.05, 0.1) is 19.2 Å². The van der Waals surface area contributed by atoms with Crippen LogP contribution in [0.2, 0.25) is 5.02 Å². The fourth-order valence-corrected chi connectivity index (χ4v) is 2.62. The summed E-state index contributed by atoms with van der Waals surface area (Å²) in [5.74, 6) is 0.271. The molecule has 0 radical (unpaired) electrons. The van der Waals surface area contributed by atoms with Crippen molar-refractivity contribution in [3.05, 3.63) is 40.9 Å². The Kier molecular flexibility index (Phi) is 6.74. The van der Waals surface area contributed by atoms with E-state index in [-0.39, 0.29) is 36.6 Å². The summed E-state index contributed by atoms with van der Waals surface area (Å²) in [7, 11) is 1.33. The van der Waals surface area contributed by atoms with E-state index in [9.17, 15) is 9.59 Å². The van der Waals surface area contributed by atoms with Crippen molar-refractivity contribution in [1.29, 1.82) is 0 Å². The van der Waals surface area contributed by atoms with E-state index in [4.69, 9.17) is 11.6 Å². The molecule has 26 heavy (non-hydrogen) atoms. The average molecular weight is 379 g/mol. The van der Waals surface area contributed by atoms with E-state index in [0.717, 1.165) is 5.69 Å². The van der Waals surface area contributed by atoms with E-state index in [1.807, 2.05) is 13.8 Å². The van der Waals surface area contributed by atoms with E-state index >= 15 is 0 Å². The fourth-order valence-electron chi connectivity index (χ4n) is 2.49. The molecule has 0 spiro atoms. The zero-order chi connectivity index (χ0) is 19.3. The van der Waals surface area contributed by atoms with Crippen LogP contribution in [0.25, 0.3) is 5.69 Å². The molecule has 8 heteroatoms. The van der Waals surface area contributed by atoms with Crippen molar-refractivity contribution >= 4 is 23.5 Å². The molecule has 0 fully saturated rings. The summed E-state index contributed by atoms with van der Waals surface area (Å²) in [6, 6.07) is 7.12. The first-order chi connectivity index (χ1) is 12.3. The molecule has 1 aromatic carbocycles. The van der Waals surface area contributed by atoms with Gasteiger partial charge in [-0.1, -0.05) is 25.4 Å². The predicted octanol–water partition coefficient (Wildman–Crippen LogP) is 2.89. The van der Waals surface area contributed by atoms with Crippen LogP contribution in [0.5, 0.6) is 0 Å². The number of carbonyl (C=O) groups excluding carboxylic acids is 2. The maximum atomic E-state index is 12.8. The number of rotatable bonds is 7. The van der Waals surface area contributed by atoms with E-state index in [1.165, 1.54) is 7.11 Å². The lowest BCUT2D eigenvalue weighted by atomic mass is 10.2. The van der Waals surface area contributed by atoms with Gasteiger partial charge in [-0.25, -0.2) is 9.67 Å². The van der Waals surface area contributed by atoms with Crippen LogP contribution in [0, 0.1) is 12.8 Å². The Morgan fingerprint density at radius 1 is 1.27 bits per heavy atom. The molecule has 0 aliphatic heterocycles. The summed E-state index contributed by atoms with van der Waals surface area (Å²) in [4.78, 5) is 30.2. The molecule has 0 unspecified atom stereocenters. The first kappa shape index (κ1) is 19.9. The SMILES string of the molecule is COC(=O)CCN(CC(C)C)C(=O)c1nc(C)n(-c2ccc(Cl)cc2)n1. The van der Waals surface area contributed by atoms with Crippen molar-refractivity contribution in [1.82, 2.24) is 19.7 Å². The van der Waals surface area contributed by atoms with Gasteiger partial charge in [0.25, 0.3) is 5.91 Å². The molecule has 0 bridgehead atoms. The lowest BCUT2D eigenvalue weighted by Gasteiger charge is -2.22. The highest BCUT2D eigenvalue weighted by atomic mass is 35.5. The number of halogens is 1. The minimum absolute atomic E-state index is 0.1000. The molecule has 0 aliphatic carbocycles. The molecule has 0 saturated carbocycles. The van der Waals surface area contributed by atoms with Crippen LogP contribution in [-0.4, -0.2) is 51.7 Å². The molecular formula is C18H23ClN4O3. The minimum atomic E-state index is -0.359. The minimum Gasteiger partial charge on any atom is -0.469 e. The summed E-state index contributed by atoms with van der Waals surface area (Å²) in [5, 5.41) is 4.96. The van der Waals surface area contributed by atoms with Crippen LogP contribution in [0.1, 0.15) is 36.7 Å². The Bertz CT molecular complexity index is 771. The molecule has 0 saturated heterocycles. The number of methoxy groups -OCH3 is 1. The molecule has 2 aromatic rings. The first-order valence-corrected chi connectivity index (χ1v) is 8.75. The molecule has 0 N–H and O–H groups in total. The second kappa shape index (κ2) is 8.80. The maximum Gasteiger partial charge on any atom is 0.307 e. The lowest BCUT2D eigenvalue weighted by molar-refractivity contribution is -0.140. The van der Waals surface area contributed by atoms with Gasteiger partial charge in [-0.15, -0.1) is 5.10 Å². The highest BCUT2D eigenvalue weighted by molar-refractivity contribution is 6.30. The maximum absolute atomic E-state index is 12.8. The summed E-state index contributed by atoms with van der Waals surface area (Å²) >= 11 is 5.91. The molecule has 0 aliphatic rings. The number of ether oxygens (including phenoxy) is 1. The quantitative estimate of drug-likeness (QED) is 0.692. The standard InChI is InChI=1S/C18H23ClN4O3/c1-12(2)11-22(10-9-16(24)26-4)18(25)17-20-13(3)23(21-17)15-7-5-14(19)6-8-15/h5-8,12H,9-11H2,1-4H3. The highest BCUT2D eigenvalue weighted by Gasteiger charge is 2.23. The van der Waals surface area contributed by atoms with Crippen LogP contribution in [0.15, 0.2) is 24.3 Å². The molecular weight excluding hydrogens is 356 g/mol. The van der Waals surface area contributed by atoms with Gasteiger partial charge >= 0.3 is 5.97 Å². The number of esters is 1. The van der Waals surface area contributed by atoms with Gasteiger partial charge in [0.15, 0.2) is 0 Å². The van der Waals surface area contributed by atoms with Crippen LogP contribution >= 0.6 is 11.6 Å². The summed E-state index contributed by atoms with van der Waals surface area (Å²) in [5.41, 5.74) is 0.767.